The molecule has 112 valence electrons. The number of anilines is 1. The highest BCUT2D eigenvalue weighted by Gasteiger charge is 2.26. The SMILES string of the molecule is CCC1CCCN1c1ncc(Br)cc1CNC(C)(C)C. The van der Waals surface area contributed by atoms with Gasteiger partial charge in [0.15, 0.2) is 0 Å². The molecular weight excluding hydrogens is 314 g/mol. The standard InChI is InChI=1S/C16H26BrN3/c1-5-14-7-6-8-20(14)15-12(9-13(17)11-18-15)10-19-16(2,3)4/h9,11,14,19H,5-8,10H2,1-4H3. The Morgan fingerprint density at radius 3 is 2.85 bits per heavy atom. The Morgan fingerprint density at radius 2 is 2.20 bits per heavy atom. The lowest BCUT2D eigenvalue weighted by Gasteiger charge is -2.28. The van der Waals surface area contributed by atoms with Gasteiger partial charge in [-0.05, 0) is 62.0 Å². The number of rotatable bonds is 4. The Labute approximate surface area is 131 Å². The fourth-order valence-electron chi connectivity index (χ4n) is 2.76. The zero-order valence-corrected chi connectivity index (χ0v) is 14.6. The number of nitrogens with one attached hydrogen (secondary N) is 1. The van der Waals surface area contributed by atoms with Crippen LogP contribution in [0.25, 0.3) is 0 Å². The van der Waals surface area contributed by atoms with E-state index < -0.39 is 0 Å². The van der Waals surface area contributed by atoms with E-state index in [0.29, 0.717) is 6.04 Å². The second-order valence-electron chi connectivity index (χ2n) is 6.64. The summed E-state index contributed by atoms with van der Waals surface area (Å²) in [5.41, 5.74) is 1.41. The van der Waals surface area contributed by atoms with E-state index in [1.54, 1.807) is 0 Å². The van der Waals surface area contributed by atoms with Crippen LogP contribution < -0.4 is 10.2 Å². The quantitative estimate of drug-likeness (QED) is 0.894. The zero-order chi connectivity index (χ0) is 14.8. The predicted octanol–water partition coefficient (Wildman–Crippen LogP) is 4.11. The maximum Gasteiger partial charge on any atom is 0.133 e. The van der Waals surface area contributed by atoms with Crippen molar-refractivity contribution in [1.82, 2.24) is 10.3 Å². The van der Waals surface area contributed by atoms with Gasteiger partial charge in [0.2, 0.25) is 0 Å². The van der Waals surface area contributed by atoms with Crippen LogP contribution in [0.1, 0.15) is 52.5 Å². The summed E-state index contributed by atoms with van der Waals surface area (Å²) in [6.07, 6.45) is 5.69. The molecular formula is C16H26BrN3. The van der Waals surface area contributed by atoms with E-state index in [4.69, 9.17) is 4.98 Å². The van der Waals surface area contributed by atoms with Crippen LogP contribution in [-0.2, 0) is 6.54 Å². The first-order valence-electron chi connectivity index (χ1n) is 7.57. The second-order valence-corrected chi connectivity index (χ2v) is 7.55. The number of halogens is 1. The Morgan fingerprint density at radius 1 is 1.45 bits per heavy atom. The lowest BCUT2D eigenvalue weighted by Crippen LogP contribution is -2.36. The summed E-state index contributed by atoms with van der Waals surface area (Å²) in [5, 5.41) is 3.57. The first-order chi connectivity index (χ1) is 9.40. The van der Waals surface area contributed by atoms with Crippen LogP contribution in [0.4, 0.5) is 5.82 Å². The van der Waals surface area contributed by atoms with Gasteiger partial charge in [0, 0.05) is 40.9 Å². The van der Waals surface area contributed by atoms with Gasteiger partial charge in [-0.25, -0.2) is 4.98 Å². The van der Waals surface area contributed by atoms with E-state index in [1.807, 2.05) is 6.20 Å². The van der Waals surface area contributed by atoms with Crippen molar-refractivity contribution in [3.05, 3.63) is 22.3 Å². The molecule has 0 aliphatic carbocycles. The highest BCUT2D eigenvalue weighted by molar-refractivity contribution is 9.10. The van der Waals surface area contributed by atoms with Gasteiger partial charge in [-0.15, -0.1) is 0 Å². The molecule has 0 amide bonds. The molecule has 1 aliphatic rings. The number of hydrogen-bond acceptors (Lipinski definition) is 3. The average molecular weight is 340 g/mol. The molecule has 2 heterocycles. The first-order valence-corrected chi connectivity index (χ1v) is 8.36. The Balaban J connectivity index is 2.23. The van der Waals surface area contributed by atoms with Gasteiger partial charge in [0.1, 0.15) is 5.82 Å². The van der Waals surface area contributed by atoms with Gasteiger partial charge in [-0.2, -0.15) is 0 Å². The lowest BCUT2D eigenvalue weighted by molar-refractivity contribution is 0.423. The topological polar surface area (TPSA) is 28.2 Å². The first kappa shape index (κ1) is 15.8. The third kappa shape index (κ3) is 3.95. The Kier molecular flexibility index (Phi) is 5.08. The molecule has 0 spiro atoms. The molecule has 0 radical (unpaired) electrons. The summed E-state index contributed by atoms with van der Waals surface area (Å²) in [7, 11) is 0. The number of aromatic nitrogens is 1. The maximum absolute atomic E-state index is 4.70. The molecule has 4 heteroatoms. The molecule has 0 bridgehead atoms. The van der Waals surface area contributed by atoms with Crippen molar-refractivity contribution in [2.45, 2.75) is 65.1 Å². The highest BCUT2D eigenvalue weighted by Crippen LogP contribution is 2.30. The number of pyridine rings is 1. The predicted molar refractivity (Wildman–Crippen MR) is 89.2 cm³/mol. The molecule has 0 aromatic carbocycles. The molecule has 1 N–H and O–H groups in total. The minimum Gasteiger partial charge on any atom is -0.353 e. The van der Waals surface area contributed by atoms with E-state index in [0.717, 1.165) is 23.4 Å². The highest BCUT2D eigenvalue weighted by atomic mass is 79.9. The van der Waals surface area contributed by atoms with Crippen LogP contribution in [0.2, 0.25) is 0 Å². The van der Waals surface area contributed by atoms with E-state index in [1.165, 1.54) is 24.8 Å². The molecule has 1 aromatic rings. The number of hydrogen-bond donors (Lipinski definition) is 1. The van der Waals surface area contributed by atoms with Gasteiger partial charge in [-0.1, -0.05) is 6.92 Å². The molecule has 1 aliphatic heterocycles. The van der Waals surface area contributed by atoms with E-state index in [-0.39, 0.29) is 5.54 Å². The smallest absolute Gasteiger partial charge is 0.133 e. The van der Waals surface area contributed by atoms with Crippen LogP contribution in [-0.4, -0.2) is 23.1 Å². The van der Waals surface area contributed by atoms with Gasteiger partial charge in [0.05, 0.1) is 0 Å². The minimum atomic E-state index is 0.120. The minimum absolute atomic E-state index is 0.120. The van der Waals surface area contributed by atoms with Gasteiger partial charge in [-0.3, -0.25) is 0 Å². The van der Waals surface area contributed by atoms with Crippen molar-refractivity contribution >= 4 is 21.7 Å². The summed E-state index contributed by atoms with van der Waals surface area (Å²) in [6.45, 7) is 10.9. The summed E-state index contributed by atoms with van der Waals surface area (Å²) in [6, 6.07) is 2.85. The third-order valence-corrected chi connectivity index (χ3v) is 4.27. The van der Waals surface area contributed by atoms with E-state index in [2.05, 4.69) is 59.9 Å². The maximum atomic E-state index is 4.70. The molecule has 1 unspecified atom stereocenters. The molecule has 1 saturated heterocycles. The Bertz CT molecular complexity index is 454. The van der Waals surface area contributed by atoms with Crippen LogP contribution >= 0.6 is 15.9 Å². The van der Waals surface area contributed by atoms with Gasteiger partial charge >= 0.3 is 0 Å². The van der Waals surface area contributed by atoms with Crippen LogP contribution in [0, 0.1) is 0 Å². The van der Waals surface area contributed by atoms with Crippen molar-refractivity contribution < 1.29 is 0 Å². The Hall–Kier alpha value is -0.610. The van der Waals surface area contributed by atoms with Crippen LogP contribution in [0.5, 0.6) is 0 Å². The van der Waals surface area contributed by atoms with Crippen molar-refractivity contribution in [2.75, 3.05) is 11.4 Å². The van der Waals surface area contributed by atoms with Gasteiger partial charge < -0.3 is 10.2 Å². The monoisotopic (exact) mass is 339 g/mol. The van der Waals surface area contributed by atoms with Crippen molar-refractivity contribution in [3.8, 4) is 0 Å². The number of nitrogens with zero attached hydrogens (tertiary/aromatic N) is 2. The normalized spacial score (nSPS) is 19.6. The largest absolute Gasteiger partial charge is 0.353 e. The fourth-order valence-corrected chi connectivity index (χ4v) is 3.14. The van der Waals surface area contributed by atoms with Crippen molar-refractivity contribution in [1.29, 1.82) is 0 Å². The molecule has 20 heavy (non-hydrogen) atoms. The summed E-state index contributed by atoms with van der Waals surface area (Å²) < 4.78 is 1.05. The average Bonchev–Trinajstić information content (AvgIpc) is 2.83. The van der Waals surface area contributed by atoms with Crippen LogP contribution in [0.3, 0.4) is 0 Å². The zero-order valence-electron chi connectivity index (χ0n) is 13.0. The van der Waals surface area contributed by atoms with E-state index in [9.17, 15) is 0 Å². The summed E-state index contributed by atoms with van der Waals surface area (Å²) >= 11 is 3.55. The lowest BCUT2D eigenvalue weighted by atomic mass is 10.1. The van der Waals surface area contributed by atoms with Crippen molar-refractivity contribution in [3.63, 3.8) is 0 Å². The second kappa shape index (κ2) is 6.44. The molecule has 1 aromatic heterocycles. The molecule has 1 fully saturated rings. The summed E-state index contributed by atoms with van der Waals surface area (Å²) in [4.78, 5) is 7.19. The molecule has 3 nitrogen and oxygen atoms in total. The van der Waals surface area contributed by atoms with Crippen molar-refractivity contribution in [2.24, 2.45) is 0 Å². The summed E-state index contributed by atoms with van der Waals surface area (Å²) in [5.74, 6) is 1.16. The van der Waals surface area contributed by atoms with E-state index >= 15 is 0 Å². The van der Waals surface area contributed by atoms with Crippen LogP contribution in [0.15, 0.2) is 16.7 Å². The molecule has 2 rings (SSSR count). The fraction of sp³-hybridized carbons (Fsp3) is 0.688. The molecule has 0 saturated carbocycles. The van der Waals surface area contributed by atoms with Gasteiger partial charge in [0.25, 0.3) is 0 Å². The third-order valence-electron chi connectivity index (χ3n) is 3.84. The molecule has 1 atom stereocenters.